The standard InChI is InChI=1S/C23H24ClIN2O3S/c1-4-11-27-22(28)20(31-23(27)26-17-9-7-16(24)8-10-17)14-15-12-18(25)21(30-6-3)19(13-15)29-5-2/h7-10,12-14H,4-6,11H2,1-3H3/b20-14-,26-23?. The third-order valence-corrected chi connectivity index (χ3v) is 6.36. The molecule has 0 aliphatic carbocycles. The Morgan fingerprint density at radius 3 is 2.48 bits per heavy atom. The van der Waals surface area contributed by atoms with Gasteiger partial charge >= 0.3 is 0 Å². The first kappa shape index (κ1) is 23.9. The predicted octanol–water partition coefficient (Wildman–Crippen LogP) is 6.76. The van der Waals surface area contributed by atoms with E-state index in [1.54, 1.807) is 17.0 Å². The molecule has 0 spiro atoms. The Bertz CT molecular complexity index is 1010. The van der Waals surface area contributed by atoms with Gasteiger partial charge in [0, 0.05) is 11.6 Å². The molecule has 31 heavy (non-hydrogen) atoms. The molecular weight excluding hydrogens is 547 g/mol. The van der Waals surface area contributed by atoms with Gasteiger partial charge in [0.2, 0.25) is 0 Å². The van der Waals surface area contributed by atoms with Gasteiger partial charge in [-0.25, -0.2) is 4.99 Å². The summed E-state index contributed by atoms with van der Waals surface area (Å²) in [7, 11) is 0. The van der Waals surface area contributed by atoms with Gasteiger partial charge in [0.15, 0.2) is 16.7 Å². The van der Waals surface area contributed by atoms with Crippen LogP contribution in [0.1, 0.15) is 32.8 Å². The van der Waals surface area contributed by atoms with Crippen molar-refractivity contribution in [1.29, 1.82) is 0 Å². The second kappa shape index (κ2) is 11.2. The van der Waals surface area contributed by atoms with E-state index in [-0.39, 0.29) is 5.91 Å². The fourth-order valence-corrected chi connectivity index (χ4v) is 4.94. The summed E-state index contributed by atoms with van der Waals surface area (Å²) in [5.74, 6) is 1.37. The summed E-state index contributed by atoms with van der Waals surface area (Å²) in [4.78, 5) is 20.1. The van der Waals surface area contributed by atoms with Gasteiger partial charge in [-0.3, -0.25) is 9.69 Å². The average Bonchev–Trinajstić information content (AvgIpc) is 3.01. The SMILES string of the molecule is CCCN1C(=O)/C(=C/c2cc(I)c(OCC)c(OCC)c2)SC1=Nc1ccc(Cl)cc1. The number of hydrogen-bond donors (Lipinski definition) is 0. The molecule has 0 saturated carbocycles. The van der Waals surface area contributed by atoms with Gasteiger partial charge in [-0.1, -0.05) is 18.5 Å². The lowest BCUT2D eigenvalue weighted by Crippen LogP contribution is -2.29. The molecular formula is C23H24ClIN2O3S. The Balaban J connectivity index is 1.96. The van der Waals surface area contributed by atoms with Crippen LogP contribution in [0.4, 0.5) is 5.69 Å². The molecule has 0 radical (unpaired) electrons. The van der Waals surface area contributed by atoms with Crippen LogP contribution in [0, 0.1) is 3.57 Å². The highest BCUT2D eigenvalue weighted by Gasteiger charge is 2.32. The van der Waals surface area contributed by atoms with Gasteiger partial charge in [0.25, 0.3) is 5.91 Å². The number of carbonyl (C=O) groups is 1. The minimum Gasteiger partial charge on any atom is -0.490 e. The van der Waals surface area contributed by atoms with Crippen molar-refractivity contribution in [3.63, 3.8) is 0 Å². The number of thioether (sulfide) groups is 1. The molecule has 2 aromatic rings. The molecule has 1 aliphatic heterocycles. The van der Waals surface area contributed by atoms with Crippen LogP contribution in [0.25, 0.3) is 6.08 Å². The molecule has 1 amide bonds. The van der Waals surface area contributed by atoms with Crippen LogP contribution in [-0.2, 0) is 4.79 Å². The first-order valence-electron chi connectivity index (χ1n) is 10.1. The molecule has 0 aromatic heterocycles. The van der Waals surface area contributed by atoms with E-state index in [0.717, 1.165) is 27.0 Å². The Morgan fingerprint density at radius 1 is 1.13 bits per heavy atom. The molecule has 0 unspecified atom stereocenters. The summed E-state index contributed by atoms with van der Waals surface area (Å²) in [6, 6.07) is 11.2. The average molecular weight is 571 g/mol. The summed E-state index contributed by atoms with van der Waals surface area (Å²) in [6.07, 6.45) is 2.73. The Labute approximate surface area is 206 Å². The van der Waals surface area contributed by atoms with Gasteiger partial charge in [-0.15, -0.1) is 0 Å². The van der Waals surface area contributed by atoms with Crippen LogP contribution in [0.5, 0.6) is 11.5 Å². The number of carbonyl (C=O) groups excluding carboxylic acids is 1. The summed E-state index contributed by atoms with van der Waals surface area (Å²) >= 11 is 9.59. The van der Waals surface area contributed by atoms with Crippen molar-refractivity contribution in [1.82, 2.24) is 4.90 Å². The number of amidine groups is 1. The summed E-state index contributed by atoms with van der Waals surface area (Å²) < 4.78 is 12.5. The summed E-state index contributed by atoms with van der Waals surface area (Å²) in [5.41, 5.74) is 1.65. The first-order chi connectivity index (χ1) is 15.0. The smallest absolute Gasteiger partial charge is 0.266 e. The lowest BCUT2D eigenvalue weighted by Gasteiger charge is -2.14. The van der Waals surface area contributed by atoms with E-state index in [0.29, 0.717) is 40.6 Å². The van der Waals surface area contributed by atoms with Gasteiger partial charge < -0.3 is 9.47 Å². The summed E-state index contributed by atoms with van der Waals surface area (Å²) in [6.45, 7) is 7.63. The Morgan fingerprint density at radius 2 is 1.84 bits per heavy atom. The van der Waals surface area contributed by atoms with Crippen molar-refractivity contribution < 1.29 is 14.3 Å². The van der Waals surface area contributed by atoms with Crippen LogP contribution >= 0.6 is 46.0 Å². The zero-order chi connectivity index (χ0) is 22.4. The number of rotatable bonds is 8. The maximum Gasteiger partial charge on any atom is 0.266 e. The number of aliphatic imine (C=N–C) groups is 1. The van der Waals surface area contributed by atoms with E-state index in [1.807, 2.05) is 51.1 Å². The highest BCUT2D eigenvalue weighted by Crippen LogP contribution is 2.38. The molecule has 2 aromatic carbocycles. The van der Waals surface area contributed by atoms with Crippen LogP contribution in [0.3, 0.4) is 0 Å². The molecule has 1 aliphatic rings. The second-order valence-corrected chi connectivity index (χ2v) is 9.24. The summed E-state index contributed by atoms with van der Waals surface area (Å²) in [5, 5.41) is 1.33. The zero-order valence-electron chi connectivity index (χ0n) is 17.7. The number of hydrogen-bond acceptors (Lipinski definition) is 5. The maximum absolute atomic E-state index is 13.1. The van der Waals surface area contributed by atoms with Gasteiger partial charge in [0.1, 0.15) is 0 Å². The fourth-order valence-electron chi connectivity index (χ4n) is 3.01. The highest BCUT2D eigenvalue weighted by molar-refractivity contribution is 14.1. The maximum atomic E-state index is 13.1. The van der Waals surface area contributed by atoms with Crippen molar-refractivity contribution in [3.05, 3.63) is 55.5 Å². The molecule has 1 saturated heterocycles. The van der Waals surface area contributed by atoms with Gasteiger partial charge in [-0.05, 0) is 103 Å². The first-order valence-corrected chi connectivity index (χ1v) is 12.4. The Kier molecular flexibility index (Phi) is 8.68. The third-order valence-electron chi connectivity index (χ3n) is 4.30. The van der Waals surface area contributed by atoms with Crippen molar-refractivity contribution in [2.45, 2.75) is 27.2 Å². The number of ether oxygens (including phenoxy) is 2. The Hall–Kier alpha value is -1.71. The lowest BCUT2D eigenvalue weighted by atomic mass is 10.2. The molecule has 3 rings (SSSR count). The number of halogens is 2. The zero-order valence-corrected chi connectivity index (χ0v) is 21.4. The fraction of sp³-hybridized carbons (Fsp3) is 0.304. The topological polar surface area (TPSA) is 51.1 Å². The van der Waals surface area contributed by atoms with Crippen molar-refractivity contribution in [2.24, 2.45) is 4.99 Å². The number of nitrogens with zero attached hydrogens (tertiary/aromatic N) is 2. The van der Waals surface area contributed by atoms with E-state index in [9.17, 15) is 4.79 Å². The minimum absolute atomic E-state index is 0.0404. The number of benzene rings is 2. The predicted molar refractivity (Wildman–Crippen MR) is 138 cm³/mol. The molecule has 8 heteroatoms. The monoisotopic (exact) mass is 570 g/mol. The quantitative estimate of drug-likeness (QED) is 0.260. The molecule has 0 atom stereocenters. The van der Waals surface area contributed by atoms with Crippen LogP contribution < -0.4 is 9.47 Å². The molecule has 164 valence electrons. The highest BCUT2D eigenvalue weighted by atomic mass is 127. The van der Waals surface area contributed by atoms with Crippen molar-refractivity contribution in [3.8, 4) is 11.5 Å². The van der Waals surface area contributed by atoms with Crippen LogP contribution in [-0.4, -0.2) is 35.7 Å². The largest absolute Gasteiger partial charge is 0.490 e. The minimum atomic E-state index is -0.0404. The van der Waals surface area contributed by atoms with Crippen molar-refractivity contribution in [2.75, 3.05) is 19.8 Å². The molecule has 0 N–H and O–H groups in total. The molecule has 1 heterocycles. The van der Waals surface area contributed by atoms with E-state index in [2.05, 4.69) is 27.6 Å². The van der Waals surface area contributed by atoms with Gasteiger partial charge in [-0.2, -0.15) is 0 Å². The molecule has 5 nitrogen and oxygen atoms in total. The molecule has 1 fully saturated rings. The van der Waals surface area contributed by atoms with E-state index in [1.165, 1.54) is 11.8 Å². The van der Waals surface area contributed by atoms with Crippen molar-refractivity contribution >= 4 is 68.8 Å². The van der Waals surface area contributed by atoms with Crippen LogP contribution in [0.2, 0.25) is 5.02 Å². The normalized spacial score (nSPS) is 16.4. The second-order valence-electron chi connectivity index (χ2n) is 6.63. The van der Waals surface area contributed by atoms with Gasteiger partial charge in [0.05, 0.1) is 27.4 Å². The van der Waals surface area contributed by atoms with Crippen LogP contribution in [0.15, 0.2) is 46.3 Å². The van der Waals surface area contributed by atoms with E-state index in [4.69, 9.17) is 21.1 Å². The third kappa shape index (κ3) is 5.96. The van der Waals surface area contributed by atoms with E-state index >= 15 is 0 Å². The lowest BCUT2D eigenvalue weighted by molar-refractivity contribution is -0.122. The number of amides is 1. The molecule has 0 bridgehead atoms. The van der Waals surface area contributed by atoms with E-state index < -0.39 is 0 Å².